The number of rotatable bonds is 7. The van der Waals surface area contributed by atoms with Crippen molar-refractivity contribution in [3.63, 3.8) is 0 Å². The van der Waals surface area contributed by atoms with Crippen LogP contribution in [0.25, 0.3) is 0 Å². The van der Waals surface area contributed by atoms with Gasteiger partial charge in [0.2, 0.25) is 11.6 Å². The Morgan fingerprint density at radius 3 is 2.50 bits per heavy atom. The maximum absolute atomic E-state index is 11.7. The Hall–Kier alpha value is -3.39. The lowest BCUT2D eigenvalue weighted by atomic mass is 10.2. The molecule has 0 aliphatic rings. The molecule has 1 aromatic heterocycles. The van der Waals surface area contributed by atoms with E-state index in [1.54, 1.807) is 25.3 Å². The first-order valence-electron chi connectivity index (χ1n) is 8.37. The van der Waals surface area contributed by atoms with E-state index in [9.17, 15) is 10.1 Å². The van der Waals surface area contributed by atoms with E-state index >= 15 is 0 Å². The Labute approximate surface area is 166 Å². The minimum absolute atomic E-state index is 0.0997. The second-order valence-electron chi connectivity index (χ2n) is 5.96. The van der Waals surface area contributed by atoms with E-state index in [1.165, 1.54) is 6.33 Å². The molecular formula is C19H18ClN5O3. The minimum atomic E-state index is -0.510. The normalized spacial score (nSPS) is 10.4. The summed E-state index contributed by atoms with van der Waals surface area (Å²) in [5.74, 6) is 0.967. The van der Waals surface area contributed by atoms with E-state index in [4.69, 9.17) is 16.3 Å². The van der Waals surface area contributed by atoms with Gasteiger partial charge in [-0.15, -0.1) is 0 Å². The fraction of sp³-hybridized carbons (Fsp3) is 0.158. The van der Waals surface area contributed by atoms with Crippen molar-refractivity contribution in [2.24, 2.45) is 0 Å². The number of aryl methyl sites for hydroxylation is 1. The van der Waals surface area contributed by atoms with Crippen molar-refractivity contribution < 1.29 is 9.66 Å². The second-order valence-corrected chi connectivity index (χ2v) is 6.40. The monoisotopic (exact) mass is 399 g/mol. The van der Waals surface area contributed by atoms with Crippen LogP contribution >= 0.6 is 11.6 Å². The topological polar surface area (TPSA) is 102 Å². The summed E-state index contributed by atoms with van der Waals surface area (Å²) in [4.78, 5) is 19.2. The van der Waals surface area contributed by atoms with Gasteiger partial charge in [-0.05, 0) is 48.4 Å². The predicted molar refractivity (Wildman–Crippen MR) is 108 cm³/mol. The summed E-state index contributed by atoms with van der Waals surface area (Å²) in [5, 5.41) is 18.3. The van der Waals surface area contributed by atoms with Crippen LogP contribution in [-0.2, 0) is 6.54 Å². The summed E-state index contributed by atoms with van der Waals surface area (Å²) >= 11 is 5.97. The fourth-order valence-electron chi connectivity index (χ4n) is 2.60. The number of halogens is 1. The molecular weight excluding hydrogens is 382 g/mol. The predicted octanol–water partition coefficient (Wildman–Crippen LogP) is 4.71. The molecule has 2 aromatic carbocycles. The Morgan fingerprint density at radius 2 is 1.86 bits per heavy atom. The lowest BCUT2D eigenvalue weighted by Crippen LogP contribution is -2.08. The van der Waals surface area contributed by atoms with Gasteiger partial charge in [-0.2, -0.15) is 0 Å². The molecule has 0 radical (unpaired) electrons. The molecule has 0 aliphatic carbocycles. The quantitative estimate of drug-likeness (QED) is 0.438. The Balaban J connectivity index is 1.85. The van der Waals surface area contributed by atoms with Crippen LogP contribution in [0.4, 0.5) is 23.0 Å². The van der Waals surface area contributed by atoms with Gasteiger partial charge in [-0.25, -0.2) is 9.97 Å². The van der Waals surface area contributed by atoms with Crippen molar-refractivity contribution in [2.45, 2.75) is 13.5 Å². The zero-order valence-corrected chi connectivity index (χ0v) is 16.0. The lowest BCUT2D eigenvalue weighted by molar-refractivity contribution is -0.383. The molecule has 9 heteroatoms. The van der Waals surface area contributed by atoms with Crippen LogP contribution in [0.2, 0.25) is 5.02 Å². The average Bonchev–Trinajstić information content (AvgIpc) is 2.68. The molecule has 8 nitrogen and oxygen atoms in total. The molecule has 28 heavy (non-hydrogen) atoms. The first-order valence-corrected chi connectivity index (χ1v) is 8.75. The van der Waals surface area contributed by atoms with E-state index < -0.39 is 4.92 Å². The summed E-state index contributed by atoms with van der Waals surface area (Å²) < 4.78 is 5.12. The minimum Gasteiger partial charge on any atom is -0.497 e. The Morgan fingerprint density at radius 1 is 1.14 bits per heavy atom. The van der Waals surface area contributed by atoms with Gasteiger partial charge in [0.15, 0.2) is 0 Å². The highest BCUT2D eigenvalue weighted by molar-refractivity contribution is 6.30. The van der Waals surface area contributed by atoms with E-state index in [0.29, 0.717) is 17.3 Å². The maximum atomic E-state index is 11.7. The zero-order valence-electron chi connectivity index (χ0n) is 15.3. The molecule has 0 saturated heterocycles. The van der Waals surface area contributed by atoms with Gasteiger partial charge in [0, 0.05) is 17.3 Å². The lowest BCUT2D eigenvalue weighted by Gasteiger charge is -2.12. The molecule has 144 valence electrons. The van der Waals surface area contributed by atoms with Crippen molar-refractivity contribution in [3.05, 3.63) is 75.1 Å². The number of hydrogen-bond acceptors (Lipinski definition) is 7. The molecule has 3 aromatic rings. The van der Waals surface area contributed by atoms with Gasteiger partial charge in [-0.3, -0.25) is 10.1 Å². The maximum Gasteiger partial charge on any atom is 0.353 e. The summed E-state index contributed by atoms with van der Waals surface area (Å²) in [5.41, 5.74) is 2.21. The van der Waals surface area contributed by atoms with Gasteiger partial charge in [0.1, 0.15) is 12.1 Å². The van der Waals surface area contributed by atoms with Crippen LogP contribution in [0, 0.1) is 17.0 Å². The van der Waals surface area contributed by atoms with E-state index in [0.717, 1.165) is 16.9 Å². The Kier molecular flexibility index (Phi) is 5.90. The van der Waals surface area contributed by atoms with Crippen molar-refractivity contribution in [2.75, 3.05) is 17.7 Å². The van der Waals surface area contributed by atoms with Crippen molar-refractivity contribution >= 4 is 34.6 Å². The number of nitro groups is 1. The third kappa shape index (κ3) is 4.47. The number of nitrogens with zero attached hydrogens (tertiary/aromatic N) is 3. The third-order valence-corrected chi connectivity index (χ3v) is 4.30. The largest absolute Gasteiger partial charge is 0.497 e. The molecule has 3 rings (SSSR count). The molecule has 1 heterocycles. The van der Waals surface area contributed by atoms with Crippen LogP contribution in [0.1, 0.15) is 11.1 Å². The van der Waals surface area contributed by atoms with Gasteiger partial charge < -0.3 is 15.4 Å². The average molecular weight is 400 g/mol. The highest BCUT2D eigenvalue weighted by atomic mass is 35.5. The molecule has 0 bridgehead atoms. The van der Waals surface area contributed by atoms with Gasteiger partial charge in [0.05, 0.1) is 12.0 Å². The summed E-state index contributed by atoms with van der Waals surface area (Å²) in [6.07, 6.45) is 1.27. The molecule has 0 aliphatic heterocycles. The number of nitrogens with one attached hydrogen (secondary N) is 2. The summed E-state index contributed by atoms with van der Waals surface area (Å²) in [7, 11) is 1.59. The highest BCUT2D eigenvalue weighted by Gasteiger charge is 2.23. The van der Waals surface area contributed by atoms with Crippen molar-refractivity contribution in [1.82, 2.24) is 9.97 Å². The van der Waals surface area contributed by atoms with Gasteiger partial charge in [0.25, 0.3) is 0 Å². The number of hydrogen-bond donors (Lipinski definition) is 2. The van der Waals surface area contributed by atoms with E-state index in [2.05, 4.69) is 20.6 Å². The molecule has 0 unspecified atom stereocenters. The van der Waals surface area contributed by atoms with Gasteiger partial charge >= 0.3 is 5.69 Å². The fourth-order valence-corrected chi connectivity index (χ4v) is 2.82. The standard InChI is InChI=1S/C19H18ClN5O3/c1-12-9-14(20)5-8-16(12)24-19-17(25(26)27)18(22-11-23-19)21-10-13-3-6-15(28-2)7-4-13/h3-9,11H,10H2,1-2H3,(H2,21,22,23,24). The van der Waals surface area contributed by atoms with E-state index in [1.807, 2.05) is 31.2 Å². The smallest absolute Gasteiger partial charge is 0.353 e. The summed E-state index contributed by atoms with van der Waals surface area (Å²) in [6, 6.07) is 12.6. The number of benzene rings is 2. The third-order valence-electron chi connectivity index (χ3n) is 4.07. The molecule has 0 amide bonds. The second kappa shape index (κ2) is 8.53. The van der Waals surface area contributed by atoms with Crippen LogP contribution in [0.5, 0.6) is 5.75 Å². The van der Waals surface area contributed by atoms with Crippen LogP contribution in [0.15, 0.2) is 48.8 Å². The number of aromatic nitrogens is 2. The van der Waals surface area contributed by atoms with Crippen molar-refractivity contribution in [3.8, 4) is 5.75 Å². The highest BCUT2D eigenvalue weighted by Crippen LogP contribution is 2.32. The molecule has 2 N–H and O–H groups in total. The first kappa shape index (κ1) is 19.4. The van der Waals surface area contributed by atoms with Gasteiger partial charge in [-0.1, -0.05) is 23.7 Å². The number of ether oxygens (including phenoxy) is 1. The van der Waals surface area contributed by atoms with Crippen LogP contribution < -0.4 is 15.4 Å². The summed E-state index contributed by atoms with van der Waals surface area (Å²) in [6.45, 7) is 2.21. The molecule has 0 spiro atoms. The SMILES string of the molecule is COc1ccc(CNc2ncnc(Nc3ccc(Cl)cc3C)c2[N+](=O)[O-])cc1. The molecule has 0 fully saturated rings. The number of methoxy groups -OCH3 is 1. The number of anilines is 3. The Bertz CT molecular complexity index is 995. The van der Waals surface area contributed by atoms with Crippen LogP contribution in [-0.4, -0.2) is 22.0 Å². The molecule has 0 atom stereocenters. The van der Waals surface area contributed by atoms with Crippen LogP contribution in [0.3, 0.4) is 0 Å². The zero-order chi connectivity index (χ0) is 20.1. The molecule has 0 saturated carbocycles. The van der Waals surface area contributed by atoms with E-state index in [-0.39, 0.29) is 17.3 Å². The van der Waals surface area contributed by atoms with Crippen molar-refractivity contribution in [1.29, 1.82) is 0 Å². The first-order chi connectivity index (χ1) is 13.5.